The van der Waals surface area contributed by atoms with Crippen LogP contribution in [0, 0.1) is 0 Å². The number of benzene rings is 2. The number of carbonyl (C=O) groups excluding carboxylic acids is 1. The average Bonchev–Trinajstić information content (AvgIpc) is 3.34. The van der Waals surface area contributed by atoms with Gasteiger partial charge in [-0.05, 0) is 48.9 Å². The number of halogens is 1. The first-order chi connectivity index (χ1) is 18.0. The summed E-state index contributed by atoms with van der Waals surface area (Å²) >= 11 is 7.61. The van der Waals surface area contributed by atoms with Gasteiger partial charge >= 0.3 is 0 Å². The Labute approximate surface area is 225 Å². The number of amides is 1. The zero-order valence-electron chi connectivity index (χ0n) is 20.7. The molecule has 37 heavy (non-hydrogen) atoms. The van der Waals surface area contributed by atoms with Crippen molar-refractivity contribution in [1.82, 2.24) is 15.2 Å². The number of hydrogen-bond donors (Lipinski definition) is 0. The number of hydrogen-bond acceptors (Lipinski definition) is 7. The van der Waals surface area contributed by atoms with Gasteiger partial charge in [0, 0.05) is 28.8 Å². The quantitative estimate of drug-likeness (QED) is 0.170. The van der Waals surface area contributed by atoms with Crippen LogP contribution >= 0.6 is 23.4 Å². The highest BCUT2D eigenvalue weighted by Crippen LogP contribution is 2.44. The van der Waals surface area contributed by atoms with Gasteiger partial charge in [-0.15, -0.1) is 10.2 Å². The van der Waals surface area contributed by atoms with E-state index in [0.717, 1.165) is 23.3 Å². The molecule has 190 valence electrons. The summed E-state index contributed by atoms with van der Waals surface area (Å²) in [6.45, 7) is 3.70. The topological polar surface area (TPSA) is 81.3 Å². The number of nitrogens with zero attached hydrogens (tertiary/aromatic N) is 4. The van der Waals surface area contributed by atoms with Crippen LogP contribution in [-0.2, 0) is 4.79 Å². The van der Waals surface area contributed by atoms with Gasteiger partial charge in [-0.25, -0.2) is 0 Å². The average molecular weight is 535 g/mol. The second-order valence-corrected chi connectivity index (χ2v) is 10.2. The first kappa shape index (κ1) is 25.3. The Hall–Kier alpha value is -3.36. The van der Waals surface area contributed by atoms with Gasteiger partial charge in [0.25, 0.3) is 0 Å². The summed E-state index contributed by atoms with van der Waals surface area (Å²) in [6, 6.07) is 18.6. The molecule has 1 amide bonds. The number of furan rings is 1. The van der Waals surface area contributed by atoms with E-state index in [1.807, 2.05) is 48.5 Å². The molecular weight excluding hydrogens is 508 g/mol. The molecule has 2 aromatic heterocycles. The molecule has 9 heteroatoms. The van der Waals surface area contributed by atoms with Crippen LogP contribution in [0.5, 0.6) is 5.88 Å². The van der Waals surface area contributed by atoms with Gasteiger partial charge in [-0.3, -0.25) is 9.69 Å². The Bertz CT molecular complexity index is 1390. The van der Waals surface area contributed by atoms with Crippen LogP contribution in [0.3, 0.4) is 0 Å². The molecule has 1 unspecified atom stereocenters. The molecule has 5 rings (SSSR count). The standard InChI is InChI=1S/C28H27ClN4O3S/c1-3-4-5-8-17-37-28-30-26-25(31-32-28)21-9-6-7-10-22(21)33(18(2)34)27(36-26)24-16-15-23(35-24)19-11-13-20(29)14-12-19/h6-7,9-16,27H,3-5,8,17H2,1-2H3. The van der Waals surface area contributed by atoms with E-state index in [0.29, 0.717) is 39.0 Å². The van der Waals surface area contributed by atoms with Crippen molar-refractivity contribution in [2.24, 2.45) is 0 Å². The van der Waals surface area contributed by atoms with E-state index in [1.165, 1.54) is 26.2 Å². The number of thioether (sulfide) groups is 1. The van der Waals surface area contributed by atoms with Crippen molar-refractivity contribution in [1.29, 1.82) is 0 Å². The van der Waals surface area contributed by atoms with Crippen LogP contribution in [0.1, 0.15) is 51.5 Å². The number of para-hydroxylation sites is 1. The fraction of sp³-hybridized carbons (Fsp3) is 0.286. The monoisotopic (exact) mass is 534 g/mol. The van der Waals surface area contributed by atoms with Crippen molar-refractivity contribution in [2.45, 2.75) is 50.9 Å². The zero-order valence-corrected chi connectivity index (χ0v) is 22.3. The third-order valence-electron chi connectivity index (χ3n) is 6.08. The number of unbranched alkanes of at least 4 members (excludes halogenated alkanes) is 3. The number of rotatable bonds is 8. The normalized spacial score (nSPS) is 14.5. The summed E-state index contributed by atoms with van der Waals surface area (Å²) in [5.41, 5.74) is 2.73. The summed E-state index contributed by atoms with van der Waals surface area (Å²) in [7, 11) is 0. The van der Waals surface area contributed by atoms with Crippen molar-refractivity contribution < 1.29 is 13.9 Å². The Balaban J connectivity index is 1.52. The predicted molar refractivity (Wildman–Crippen MR) is 146 cm³/mol. The molecule has 1 atom stereocenters. The zero-order chi connectivity index (χ0) is 25.8. The van der Waals surface area contributed by atoms with E-state index >= 15 is 0 Å². The lowest BCUT2D eigenvalue weighted by molar-refractivity contribution is -0.118. The lowest BCUT2D eigenvalue weighted by Gasteiger charge is -2.28. The van der Waals surface area contributed by atoms with Gasteiger partial charge < -0.3 is 9.15 Å². The Kier molecular flexibility index (Phi) is 7.76. The van der Waals surface area contributed by atoms with Gasteiger partial charge in [0.15, 0.2) is 11.5 Å². The second kappa shape index (κ2) is 11.4. The van der Waals surface area contributed by atoms with Crippen LogP contribution in [-0.4, -0.2) is 26.8 Å². The highest BCUT2D eigenvalue weighted by molar-refractivity contribution is 7.99. The molecule has 2 aromatic carbocycles. The third-order valence-corrected chi connectivity index (χ3v) is 7.25. The number of anilines is 1. The maximum absolute atomic E-state index is 13.0. The fourth-order valence-electron chi connectivity index (χ4n) is 4.25. The van der Waals surface area contributed by atoms with Crippen molar-refractivity contribution >= 4 is 35.0 Å². The minimum absolute atomic E-state index is 0.201. The third kappa shape index (κ3) is 5.50. The van der Waals surface area contributed by atoms with E-state index in [1.54, 1.807) is 28.8 Å². The molecule has 0 N–H and O–H groups in total. The molecule has 1 aliphatic heterocycles. The first-order valence-electron chi connectivity index (χ1n) is 12.3. The van der Waals surface area contributed by atoms with Gasteiger partial charge in [-0.2, -0.15) is 4.98 Å². The van der Waals surface area contributed by atoms with Crippen molar-refractivity contribution in [3.63, 3.8) is 0 Å². The van der Waals surface area contributed by atoms with Crippen LogP contribution in [0.15, 0.2) is 70.2 Å². The minimum Gasteiger partial charge on any atom is -0.455 e. The van der Waals surface area contributed by atoms with E-state index < -0.39 is 6.23 Å². The maximum atomic E-state index is 13.0. The van der Waals surface area contributed by atoms with Gasteiger partial charge in [0.2, 0.25) is 23.2 Å². The molecule has 0 fully saturated rings. The summed E-state index contributed by atoms with van der Waals surface area (Å²) < 4.78 is 12.6. The predicted octanol–water partition coefficient (Wildman–Crippen LogP) is 7.57. The fourth-order valence-corrected chi connectivity index (χ4v) is 5.15. The molecule has 0 bridgehead atoms. The number of ether oxygens (including phenoxy) is 1. The van der Waals surface area contributed by atoms with Crippen LogP contribution < -0.4 is 9.64 Å². The molecule has 0 spiro atoms. The molecular formula is C28H27ClN4O3S. The number of fused-ring (bicyclic) bond motifs is 3. The molecule has 0 radical (unpaired) electrons. The maximum Gasteiger partial charge on any atom is 0.247 e. The van der Waals surface area contributed by atoms with Gasteiger partial charge in [0.05, 0.1) is 5.69 Å². The molecule has 3 heterocycles. The van der Waals surface area contributed by atoms with Crippen LogP contribution in [0.2, 0.25) is 5.02 Å². The molecule has 0 aliphatic carbocycles. The van der Waals surface area contributed by atoms with E-state index in [-0.39, 0.29) is 5.91 Å². The van der Waals surface area contributed by atoms with Gasteiger partial charge in [-0.1, -0.05) is 67.7 Å². The Morgan fingerprint density at radius 1 is 1.03 bits per heavy atom. The van der Waals surface area contributed by atoms with Gasteiger partial charge in [0.1, 0.15) is 5.76 Å². The van der Waals surface area contributed by atoms with E-state index in [4.69, 9.17) is 25.7 Å². The Morgan fingerprint density at radius 2 is 1.84 bits per heavy atom. The summed E-state index contributed by atoms with van der Waals surface area (Å²) in [5.74, 6) is 2.13. The molecule has 0 saturated heterocycles. The van der Waals surface area contributed by atoms with Crippen molar-refractivity contribution in [2.75, 3.05) is 10.7 Å². The Morgan fingerprint density at radius 3 is 2.62 bits per heavy atom. The summed E-state index contributed by atoms with van der Waals surface area (Å²) in [5, 5.41) is 10.0. The van der Waals surface area contributed by atoms with E-state index in [9.17, 15) is 4.79 Å². The minimum atomic E-state index is -0.875. The lowest BCUT2D eigenvalue weighted by atomic mass is 10.1. The SMILES string of the molecule is CCCCCCSc1nnc2c(n1)OC(c1ccc(-c3ccc(Cl)cc3)o1)N(C(C)=O)c1ccccc1-2. The summed E-state index contributed by atoms with van der Waals surface area (Å²) in [4.78, 5) is 19.3. The summed E-state index contributed by atoms with van der Waals surface area (Å²) in [6.07, 6.45) is 3.79. The van der Waals surface area contributed by atoms with Crippen LogP contribution in [0.4, 0.5) is 5.69 Å². The molecule has 0 saturated carbocycles. The first-order valence-corrected chi connectivity index (χ1v) is 13.7. The second-order valence-electron chi connectivity index (χ2n) is 8.74. The number of aromatic nitrogens is 3. The number of carbonyl (C=O) groups is 1. The largest absolute Gasteiger partial charge is 0.455 e. The van der Waals surface area contributed by atoms with Crippen molar-refractivity contribution in [3.8, 4) is 28.5 Å². The van der Waals surface area contributed by atoms with Crippen molar-refractivity contribution in [3.05, 3.63) is 71.4 Å². The molecule has 1 aliphatic rings. The lowest BCUT2D eigenvalue weighted by Crippen LogP contribution is -2.35. The smallest absolute Gasteiger partial charge is 0.247 e. The van der Waals surface area contributed by atoms with Crippen LogP contribution in [0.25, 0.3) is 22.6 Å². The highest BCUT2D eigenvalue weighted by atomic mass is 35.5. The van der Waals surface area contributed by atoms with E-state index in [2.05, 4.69) is 17.1 Å². The molecule has 7 nitrogen and oxygen atoms in total. The molecule has 4 aromatic rings. The highest BCUT2D eigenvalue weighted by Gasteiger charge is 2.36.